The van der Waals surface area contributed by atoms with E-state index in [0.717, 1.165) is 49.5 Å². The Hall–Kier alpha value is -1.88. The monoisotopic (exact) mass is 303 g/mol. The van der Waals surface area contributed by atoms with E-state index in [1.54, 1.807) is 7.11 Å². The predicted molar refractivity (Wildman–Crippen MR) is 88.2 cm³/mol. The van der Waals surface area contributed by atoms with E-state index in [2.05, 4.69) is 22.4 Å². The fourth-order valence-electron chi connectivity index (χ4n) is 2.57. The first kappa shape index (κ1) is 16.5. The standard InChI is InChI=1S/C17H25N3O2/c1-3-10-20-11-8-15(9-12-20)18-19-17(21)13-14-4-6-16(22-2)7-5-14/h4-7H,3,8-13H2,1-2H3,(H,19,21). The number of hydrogen-bond acceptors (Lipinski definition) is 4. The van der Waals surface area contributed by atoms with Crippen molar-refractivity contribution in [2.75, 3.05) is 26.7 Å². The van der Waals surface area contributed by atoms with Crippen LogP contribution in [0.2, 0.25) is 0 Å². The molecule has 0 spiro atoms. The second-order valence-electron chi connectivity index (χ2n) is 5.58. The number of rotatable bonds is 6. The van der Waals surface area contributed by atoms with Gasteiger partial charge < -0.3 is 9.64 Å². The number of nitrogens with zero attached hydrogens (tertiary/aromatic N) is 2. The van der Waals surface area contributed by atoms with Crippen LogP contribution in [-0.4, -0.2) is 43.3 Å². The minimum Gasteiger partial charge on any atom is -0.497 e. The average molecular weight is 303 g/mol. The molecule has 120 valence electrons. The number of piperidine rings is 1. The van der Waals surface area contributed by atoms with Gasteiger partial charge in [0.05, 0.1) is 13.5 Å². The predicted octanol–water partition coefficient (Wildman–Crippen LogP) is 2.22. The van der Waals surface area contributed by atoms with Gasteiger partial charge in [-0.2, -0.15) is 5.10 Å². The van der Waals surface area contributed by atoms with Crippen LogP contribution in [0.1, 0.15) is 31.7 Å². The second kappa shape index (κ2) is 8.54. The van der Waals surface area contributed by atoms with Crippen molar-refractivity contribution < 1.29 is 9.53 Å². The SMILES string of the molecule is CCCN1CCC(=NNC(=O)Cc2ccc(OC)cc2)CC1. The summed E-state index contributed by atoms with van der Waals surface area (Å²) >= 11 is 0. The molecule has 0 saturated carbocycles. The van der Waals surface area contributed by atoms with Gasteiger partial charge in [0.25, 0.3) is 0 Å². The Morgan fingerprint density at radius 2 is 1.95 bits per heavy atom. The molecule has 0 unspecified atom stereocenters. The van der Waals surface area contributed by atoms with E-state index >= 15 is 0 Å². The molecule has 2 rings (SSSR count). The highest BCUT2D eigenvalue weighted by Gasteiger charge is 2.14. The van der Waals surface area contributed by atoms with Crippen LogP contribution in [0.5, 0.6) is 5.75 Å². The van der Waals surface area contributed by atoms with Crippen LogP contribution in [0, 0.1) is 0 Å². The summed E-state index contributed by atoms with van der Waals surface area (Å²) < 4.78 is 5.10. The lowest BCUT2D eigenvalue weighted by molar-refractivity contribution is -0.120. The lowest BCUT2D eigenvalue weighted by atomic mass is 10.1. The third-order valence-corrected chi connectivity index (χ3v) is 3.84. The summed E-state index contributed by atoms with van der Waals surface area (Å²) in [5.41, 5.74) is 4.72. The van der Waals surface area contributed by atoms with Crippen molar-refractivity contribution >= 4 is 11.6 Å². The van der Waals surface area contributed by atoms with E-state index in [-0.39, 0.29) is 5.91 Å². The molecular formula is C17H25N3O2. The molecule has 1 fully saturated rings. The molecule has 1 heterocycles. The van der Waals surface area contributed by atoms with Gasteiger partial charge in [-0.25, -0.2) is 5.43 Å². The summed E-state index contributed by atoms with van der Waals surface area (Å²) in [6, 6.07) is 7.51. The Bertz CT molecular complexity index is 501. The maximum Gasteiger partial charge on any atom is 0.244 e. The van der Waals surface area contributed by atoms with E-state index in [0.29, 0.717) is 6.42 Å². The topological polar surface area (TPSA) is 53.9 Å². The molecule has 5 heteroatoms. The second-order valence-corrected chi connectivity index (χ2v) is 5.58. The number of hydrogen-bond donors (Lipinski definition) is 1. The van der Waals surface area contributed by atoms with Crippen LogP contribution in [0.4, 0.5) is 0 Å². The summed E-state index contributed by atoms with van der Waals surface area (Å²) in [5, 5.41) is 4.27. The van der Waals surface area contributed by atoms with Crippen LogP contribution < -0.4 is 10.2 Å². The van der Waals surface area contributed by atoms with Crippen LogP contribution in [0.25, 0.3) is 0 Å². The fourth-order valence-corrected chi connectivity index (χ4v) is 2.57. The smallest absolute Gasteiger partial charge is 0.244 e. The van der Waals surface area contributed by atoms with Crippen molar-refractivity contribution in [1.29, 1.82) is 0 Å². The maximum absolute atomic E-state index is 11.9. The largest absolute Gasteiger partial charge is 0.497 e. The number of methoxy groups -OCH3 is 1. The molecule has 22 heavy (non-hydrogen) atoms. The number of hydrazone groups is 1. The normalized spacial score (nSPS) is 15.5. The van der Waals surface area contributed by atoms with Gasteiger partial charge in [-0.1, -0.05) is 19.1 Å². The third-order valence-electron chi connectivity index (χ3n) is 3.84. The summed E-state index contributed by atoms with van der Waals surface area (Å²) in [6.07, 6.45) is 3.42. The summed E-state index contributed by atoms with van der Waals surface area (Å²) in [5.74, 6) is 0.719. The van der Waals surface area contributed by atoms with Crippen molar-refractivity contribution in [2.24, 2.45) is 5.10 Å². The van der Waals surface area contributed by atoms with Crippen LogP contribution >= 0.6 is 0 Å². The van der Waals surface area contributed by atoms with Gasteiger partial charge >= 0.3 is 0 Å². The van der Waals surface area contributed by atoms with E-state index in [4.69, 9.17) is 4.74 Å². The highest BCUT2D eigenvalue weighted by Crippen LogP contribution is 2.11. The zero-order valence-electron chi connectivity index (χ0n) is 13.5. The van der Waals surface area contributed by atoms with Gasteiger partial charge in [0.1, 0.15) is 5.75 Å². The van der Waals surface area contributed by atoms with Gasteiger partial charge in [0.15, 0.2) is 0 Å². The van der Waals surface area contributed by atoms with E-state index in [1.807, 2.05) is 24.3 Å². The molecule has 0 radical (unpaired) electrons. The minimum atomic E-state index is -0.0753. The number of amides is 1. The van der Waals surface area contributed by atoms with Gasteiger partial charge in [0, 0.05) is 31.6 Å². The molecule has 1 aliphatic heterocycles. The zero-order valence-corrected chi connectivity index (χ0v) is 13.5. The third kappa shape index (κ3) is 5.15. The molecule has 1 N–H and O–H groups in total. The zero-order chi connectivity index (χ0) is 15.8. The van der Waals surface area contributed by atoms with Crippen molar-refractivity contribution in [3.63, 3.8) is 0 Å². The van der Waals surface area contributed by atoms with E-state index < -0.39 is 0 Å². The first-order chi connectivity index (χ1) is 10.7. The Balaban J connectivity index is 1.76. The number of benzene rings is 1. The highest BCUT2D eigenvalue weighted by atomic mass is 16.5. The average Bonchev–Trinajstić information content (AvgIpc) is 2.55. The number of nitrogens with one attached hydrogen (secondary N) is 1. The minimum absolute atomic E-state index is 0.0753. The van der Waals surface area contributed by atoms with Gasteiger partial charge in [0.2, 0.25) is 5.91 Å². The van der Waals surface area contributed by atoms with E-state index in [1.165, 1.54) is 6.42 Å². The molecule has 1 aromatic carbocycles. The molecule has 0 atom stereocenters. The number of likely N-dealkylation sites (tertiary alicyclic amines) is 1. The Kier molecular flexibility index (Phi) is 6.40. The Morgan fingerprint density at radius 1 is 1.27 bits per heavy atom. The first-order valence-electron chi connectivity index (χ1n) is 7.91. The van der Waals surface area contributed by atoms with Crippen molar-refractivity contribution in [3.05, 3.63) is 29.8 Å². The molecule has 1 aliphatic rings. The number of carbonyl (C=O) groups is 1. The fraction of sp³-hybridized carbons (Fsp3) is 0.529. The van der Waals surface area contributed by atoms with E-state index in [9.17, 15) is 4.79 Å². The molecule has 0 aromatic heterocycles. The Morgan fingerprint density at radius 3 is 2.55 bits per heavy atom. The molecule has 0 bridgehead atoms. The summed E-state index contributed by atoms with van der Waals surface area (Å²) in [7, 11) is 1.63. The lowest BCUT2D eigenvalue weighted by Crippen LogP contribution is -2.35. The van der Waals surface area contributed by atoms with Gasteiger partial charge in [-0.3, -0.25) is 4.79 Å². The first-order valence-corrected chi connectivity index (χ1v) is 7.91. The molecule has 1 aromatic rings. The number of ether oxygens (including phenoxy) is 1. The Labute approximate surface area is 132 Å². The van der Waals surface area contributed by atoms with Crippen molar-refractivity contribution in [1.82, 2.24) is 10.3 Å². The van der Waals surface area contributed by atoms with Crippen molar-refractivity contribution in [3.8, 4) is 5.75 Å². The van der Waals surface area contributed by atoms with Crippen LogP contribution in [0.3, 0.4) is 0 Å². The highest BCUT2D eigenvalue weighted by molar-refractivity contribution is 5.87. The lowest BCUT2D eigenvalue weighted by Gasteiger charge is -2.26. The van der Waals surface area contributed by atoms with Crippen LogP contribution in [-0.2, 0) is 11.2 Å². The molecule has 5 nitrogen and oxygen atoms in total. The van der Waals surface area contributed by atoms with Gasteiger partial charge in [-0.05, 0) is 30.7 Å². The molecule has 0 aliphatic carbocycles. The quantitative estimate of drug-likeness (QED) is 0.820. The summed E-state index contributed by atoms with van der Waals surface area (Å²) in [4.78, 5) is 14.4. The van der Waals surface area contributed by atoms with Gasteiger partial charge in [-0.15, -0.1) is 0 Å². The van der Waals surface area contributed by atoms with Crippen molar-refractivity contribution in [2.45, 2.75) is 32.6 Å². The molecular weight excluding hydrogens is 278 g/mol. The molecule has 1 saturated heterocycles. The summed E-state index contributed by atoms with van der Waals surface area (Å²) in [6.45, 7) is 5.43. The van der Waals surface area contributed by atoms with Crippen LogP contribution in [0.15, 0.2) is 29.4 Å². The maximum atomic E-state index is 11.9. The molecule has 1 amide bonds. The number of carbonyl (C=O) groups excluding carboxylic acids is 1.